The van der Waals surface area contributed by atoms with Gasteiger partial charge in [0, 0.05) is 11.2 Å². The molecule has 0 saturated carbocycles. The average Bonchev–Trinajstić information content (AvgIpc) is 2.19. The van der Waals surface area contributed by atoms with E-state index < -0.39 is 5.97 Å². The number of hydrogen-bond acceptors (Lipinski definition) is 3. The molecule has 72 valence electrons. The number of carbonyl (C=O) groups is 1. The number of rotatable bonds is 1. The Bertz CT molecular complexity index is 557. The summed E-state index contributed by atoms with van der Waals surface area (Å²) in [6.45, 7) is 0. The van der Waals surface area contributed by atoms with E-state index in [2.05, 4.69) is 9.97 Å². The van der Waals surface area contributed by atoms with Gasteiger partial charge in [-0.25, -0.2) is 4.79 Å². The number of benzene rings is 1. The minimum absolute atomic E-state index is 0.236. The summed E-state index contributed by atoms with van der Waals surface area (Å²) in [4.78, 5) is 19.4. The fourth-order valence-electron chi connectivity index (χ4n) is 1.36. The number of aromatic nitrogens is 2. The molecule has 6 heteroatoms. The molecule has 0 fully saturated rings. The van der Waals surface area contributed by atoms with Crippen LogP contribution in [0.3, 0.4) is 0 Å². The minimum Gasteiger partial charge on any atom is -0.478 e. The molecule has 15 heavy (non-hydrogen) atoms. The van der Waals surface area contributed by atoms with E-state index in [1.165, 1.54) is 12.1 Å². The van der Waals surface area contributed by atoms with Crippen LogP contribution < -0.4 is 11.2 Å². The van der Waals surface area contributed by atoms with Crippen LogP contribution in [0.25, 0.3) is 11.0 Å². The van der Waals surface area contributed by atoms with Crippen LogP contribution in [0.1, 0.15) is 10.4 Å². The molecule has 1 heterocycles. The van der Waals surface area contributed by atoms with Gasteiger partial charge in [0.05, 0.1) is 16.6 Å². The van der Waals surface area contributed by atoms with E-state index in [0.717, 1.165) is 16.7 Å². The van der Waals surface area contributed by atoms with E-state index in [1.54, 1.807) is 6.07 Å². The highest BCUT2D eigenvalue weighted by molar-refractivity contribution is 6.46. The quantitative estimate of drug-likeness (QED) is 0.530. The van der Waals surface area contributed by atoms with Crippen molar-refractivity contribution in [3.8, 4) is 0 Å². The van der Waals surface area contributed by atoms with E-state index in [-0.39, 0.29) is 5.56 Å². The molecule has 0 aliphatic rings. The first-order valence-electron chi connectivity index (χ1n) is 4.56. The smallest absolute Gasteiger partial charge is 0.335 e. The predicted molar refractivity (Wildman–Crippen MR) is 62.9 cm³/mol. The Morgan fingerprint density at radius 1 is 1.13 bits per heavy atom. The Balaban J connectivity index is 2.72. The Hall–Kier alpha value is -1.84. The van der Waals surface area contributed by atoms with Gasteiger partial charge < -0.3 is 5.11 Å². The van der Waals surface area contributed by atoms with Crippen molar-refractivity contribution in [3.63, 3.8) is 0 Å². The number of carboxylic acids is 1. The van der Waals surface area contributed by atoms with Gasteiger partial charge in [-0.3, -0.25) is 9.97 Å². The van der Waals surface area contributed by atoms with Crippen LogP contribution in [0.4, 0.5) is 0 Å². The third-order valence-corrected chi connectivity index (χ3v) is 2.32. The zero-order chi connectivity index (χ0) is 11.0. The first-order chi connectivity index (χ1) is 7.08. The van der Waals surface area contributed by atoms with E-state index >= 15 is 0 Å². The molecule has 0 aliphatic carbocycles. The molecule has 0 saturated heterocycles. The van der Waals surface area contributed by atoms with Crippen molar-refractivity contribution >= 4 is 43.9 Å². The topological polar surface area (TPSA) is 63.1 Å². The van der Waals surface area contributed by atoms with Gasteiger partial charge in [-0.05, 0) is 18.2 Å². The van der Waals surface area contributed by atoms with Crippen LogP contribution in [0, 0.1) is 0 Å². The molecule has 0 radical (unpaired) electrons. The molecule has 0 unspecified atom stereocenters. The van der Waals surface area contributed by atoms with E-state index in [9.17, 15) is 4.79 Å². The van der Waals surface area contributed by atoms with Gasteiger partial charge >= 0.3 is 5.97 Å². The molecule has 0 aliphatic heterocycles. The van der Waals surface area contributed by atoms with Crippen molar-refractivity contribution in [3.05, 3.63) is 23.8 Å². The molecule has 4 nitrogen and oxygen atoms in total. The van der Waals surface area contributed by atoms with Crippen LogP contribution in [0.2, 0.25) is 0 Å². The maximum absolute atomic E-state index is 10.7. The summed E-state index contributed by atoms with van der Waals surface area (Å²) < 4.78 is 0. The molecule has 2 aromatic rings. The third kappa shape index (κ3) is 1.70. The maximum atomic E-state index is 10.7. The van der Waals surface area contributed by atoms with Gasteiger partial charge in [0.25, 0.3) is 0 Å². The highest BCUT2D eigenvalue weighted by Gasteiger charge is 2.06. The molecule has 0 bridgehead atoms. The summed E-state index contributed by atoms with van der Waals surface area (Å²) in [5, 5.41) is 8.82. The summed E-state index contributed by atoms with van der Waals surface area (Å²) in [6.07, 6.45) is 0. The summed E-state index contributed by atoms with van der Waals surface area (Å²) in [7, 11) is 3.74. The zero-order valence-corrected chi connectivity index (χ0v) is 8.48. The van der Waals surface area contributed by atoms with Gasteiger partial charge in [-0.15, -0.1) is 0 Å². The lowest BCUT2D eigenvalue weighted by Gasteiger charge is -2.03. The second-order valence-electron chi connectivity index (χ2n) is 3.40. The highest BCUT2D eigenvalue weighted by atomic mass is 16.4. The molecule has 0 amide bonds. The van der Waals surface area contributed by atoms with Gasteiger partial charge in [-0.1, -0.05) is 0 Å². The van der Waals surface area contributed by atoms with Crippen molar-refractivity contribution < 1.29 is 9.90 Å². The van der Waals surface area contributed by atoms with Crippen molar-refractivity contribution in [2.45, 2.75) is 0 Å². The highest BCUT2D eigenvalue weighted by Crippen LogP contribution is 2.09. The molecule has 1 aromatic carbocycles. The first-order valence-corrected chi connectivity index (χ1v) is 4.56. The predicted octanol–water partition coefficient (Wildman–Crippen LogP) is -2.16. The van der Waals surface area contributed by atoms with Gasteiger partial charge in [0.2, 0.25) is 0 Å². The summed E-state index contributed by atoms with van der Waals surface area (Å²) in [5.74, 6) is -0.947. The molecule has 0 atom stereocenters. The Kier molecular flexibility index (Phi) is 2.19. The summed E-state index contributed by atoms with van der Waals surface area (Å²) in [6, 6.07) is 4.75. The van der Waals surface area contributed by atoms with Crippen LogP contribution in [0.5, 0.6) is 0 Å². The van der Waals surface area contributed by atoms with E-state index in [1.807, 2.05) is 15.7 Å². The lowest BCUT2D eigenvalue weighted by Crippen LogP contribution is -2.31. The van der Waals surface area contributed by atoms with Crippen molar-refractivity contribution in [1.29, 1.82) is 0 Å². The largest absolute Gasteiger partial charge is 0.478 e. The molecular formula is C9H8B2N2O2. The van der Waals surface area contributed by atoms with Crippen LogP contribution in [-0.2, 0) is 0 Å². The fraction of sp³-hybridized carbons (Fsp3) is 0. The SMILES string of the molecule is Bc1nc2ccc(C(=O)O)cc2nc1B. The van der Waals surface area contributed by atoms with Crippen molar-refractivity contribution in [2.75, 3.05) is 0 Å². The minimum atomic E-state index is -0.947. The second kappa shape index (κ2) is 3.38. The number of fused-ring (bicyclic) bond motifs is 1. The zero-order valence-electron chi connectivity index (χ0n) is 8.48. The van der Waals surface area contributed by atoms with E-state index in [0.29, 0.717) is 5.52 Å². The molecule has 0 spiro atoms. The molecule has 1 N–H and O–H groups in total. The van der Waals surface area contributed by atoms with Gasteiger partial charge in [0.15, 0.2) is 15.7 Å². The maximum Gasteiger partial charge on any atom is 0.335 e. The molecular weight excluding hydrogens is 190 g/mol. The number of hydrogen-bond donors (Lipinski definition) is 1. The second-order valence-corrected chi connectivity index (χ2v) is 3.40. The number of carboxylic acid groups (broad SMARTS) is 1. The van der Waals surface area contributed by atoms with Gasteiger partial charge in [-0.2, -0.15) is 0 Å². The molecule has 1 aromatic heterocycles. The monoisotopic (exact) mass is 198 g/mol. The Labute approximate surface area is 88.2 Å². The normalized spacial score (nSPS) is 10.4. The third-order valence-electron chi connectivity index (χ3n) is 2.32. The Morgan fingerprint density at radius 2 is 1.73 bits per heavy atom. The van der Waals surface area contributed by atoms with Crippen molar-refractivity contribution in [1.82, 2.24) is 9.97 Å². The summed E-state index contributed by atoms with van der Waals surface area (Å²) >= 11 is 0. The lowest BCUT2D eigenvalue weighted by molar-refractivity contribution is 0.0697. The molecule has 2 rings (SSSR count). The van der Waals surface area contributed by atoms with E-state index in [4.69, 9.17) is 5.11 Å². The fourth-order valence-corrected chi connectivity index (χ4v) is 1.36. The van der Waals surface area contributed by atoms with Crippen LogP contribution in [0.15, 0.2) is 18.2 Å². The van der Waals surface area contributed by atoms with Crippen LogP contribution >= 0.6 is 0 Å². The average molecular weight is 198 g/mol. The van der Waals surface area contributed by atoms with Crippen molar-refractivity contribution in [2.24, 2.45) is 0 Å². The Morgan fingerprint density at radius 3 is 2.33 bits per heavy atom. The number of nitrogens with zero attached hydrogens (tertiary/aromatic N) is 2. The van der Waals surface area contributed by atoms with Gasteiger partial charge in [0.1, 0.15) is 0 Å². The van der Waals surface area contributed by atoms with Crippen LogP contribution in [-0.4, -0.2) is 36.7 Å². The lowest BCUT2D eigenvalue weighted by atomic mass is 9.90. The standard InChI is InChI=1S/C9H8B2N2O2/c10-7-8(11)13-6-3-4(9(14)15)1-2-5(6)12-7/h1-3H,10-11H2,(H,14,15). The first kappa shape index (κ1) is 9.70. The summed E-state index contributed by atoms with van der Waals surface area (Å²) in [5.41, 5.74) is 3.27. The number of aromatic carboxylic acids is 1.